The van der Waals surface area contributed by atoms with Crippen LogP contribution in [0.2, 0.25) is 0 Å². The molecule has 3 aromatic rings. The van der Waals surface area contributed by atoms with Crippen LogP contribution < -0.4 is 4.90 Å². The lowest BCUT2D eigenvalue weighted by Crippen LogP contribution is -2.48. The number of phenols is 1. The summed E-state index contributed by atoms with van der Waals surface area (Å²) >= 11 is 0. The number of rotatable bonds is 2. The van der Waals surface area contributed by atoms with Gasteiger partial charge in [-0.05, 0) is 18.2 Å². The van der Waals surface area contributed by atoms with E-state index in [0.717, 1.165) is 24.2 Å². The number of hydrogen-bond acceptors (Lipinski definition) is 4. The highest BCUT2D eigenvalue weighted by molar-refractivity contribution is 5.95. The van der Waals surface area contributed by atoms with Gasteiger partial charge in [-0.25, -0.2) is 0 Å². The van der Waals surface area contributed by atoms with Gasteiger partial charge in [-0.3, -0.25) is 9.78 Å². The van der Waals surface area contributed by atoms with E-state index in [-0.39, 0.29) is 11.7 Å². The fraction of sp³-hybridized carbons (Fsp3) is 0.200. The molecule has 25 heavy (non-hydrogen) atoms. The second-order valence-corrected chi connectivity index (χ2v) is 6.21. The van der Waals surface area contributed by atoms with Crippen molar-refractivity contribution in [2.24, 2.45) is 0 Å². The number of piperazine rings is 1. The third kappa shape index (κ3) is 3.01. The maximum absolute atomic E-state index is 12.6. The molecule has 1 amide bonds. The Bertz CT molecular complexity index is 912. The van der Waals surface area contributed by atoms with E-state index in [1.54, 1.807) is 18.2 Å². The topological polar surface area (TPSA) is 56.7 Å². The van der Waals surface area contributed by atoms with Crippen LogP contribution in [0, 0.1) is 0 Å². The molecule has 2 aromatic carbocycles. The van der Waals surface area contributed by atoms with Crippen molar-refractivity contribution < 1.29 is 9.90 Å². The molecule has 0 spiro atoms. The fourth-order valence-electron chi connectivity index (χ4n) is 3.32. The average molecular weight is 333 g/mol. The summed E-state index contributed by atoms with van der Waals surface area (Å²) in [5.41, 5.74) is 1.64. The molecule has 1 N–H and O–H groups in total. The van der Waals surface area contributed by atoms with Crippen LogP contribution in [0.15, 0.2) is 60.9 Å². The summed E-state index contributed by atoms with van der Waals surface area (Å²) in [5.74, 6) is 0.0814. The van der Waals surface area contributed by atoms with E-state index in [4.69, 9.17) is 0 Å². The van der Waals surface area contributed by atoms with Gasteiger partial charge in [0.1, 0.15) is 5.75 Å². The number of aromatic hydroxyl groups is 1. The lowest BCUT2D eigenvalue weighted by Gasteiger charge is -2.36. The molecular formula is C20H19N3O2. The number of carbonyl (C=O) groups excluding carboxylic acids is 1. The van der Waals surface area contributed by atoms with Crippen LogP contribution in [-0.2, 0) is 0 Å². The molecule has 1 aliphatic heterocycles. The number of benzene rings is 2. The van der Waals surface area contributed by atoms with Crippen molar-refractivity contribution in [1.29, 1.82) is 0 Å². The zero-order chi connectivity index (χ0) is 17.2. The van der Waals surface area contributed by atoms with Crippen molar-refractivity contribution in [1.82, 2.24) is 9.88 Å². The largest absolute Gasteiger partial charge is 0.508 e. The van der Waals surface area contributed by atoms with Crippen LogP contribution in [0.4, 0.5) is 5.69 Å². The molecule has 0 bridgehead atoms. The van der Waals surface area contributed by atoms with Gasteiger partial charge in [0.25, 0.3) is 5.91 Å². The fourth-order valence-corrected chi connectivity index (χ4v) is 3.32. The third-order valence-electron chi connectivity index (χ3n) is 4.65. The minimum atomic E-state index is -0.0356. The molecule has 0 aliphatic carbocycles. The average Bonchev–Trinajstić information content (AvgIpc) is 2.67. The van der Waals surface area contributed by atoms with Crippen LogP contribution in [0.25, 0.3) is 10.8 Å². The maximum Gasteiger partial charge on any atom is 0.254 e. The van der Waals surface area contributed by atoms with Crippen LogP contribution in [-0.4, -0.2) is 47.1 Å². The van der Waals surface area contributed by atoms with E-state index in [1.807, 2.05) is 29.4 Å². The SMILES string of the molecule is O=C(c1cccc(O)c1)N1CCN(c2cncc3ccccc23)CC1. The maximum atomic E-state index is 12.6. The van der Waals surface area contributed by atoms with Crippen LogP contribution in [0.5, 0.6) is 5.75 Å². The smallest absolute Gasteiger partial charge is 0.254 e. The molecule has 0 unspecified atom stereocenters. The molecule has 5 heteroatoms. The number of anilines is 1. The van der Waals surface area contributed by atoms with E-state index < -0.39 is 0 Å². The Kier molecular flexibility index (Phi) is 3.98. The number of pyridine rings is 1. The van der Waals surface area contributed by atoms with Gasteiger partial charge in [-0.1, -0.05) is 30.3 Å². The first kappa shape index (κ1) is 15.4. The lowest BCUT2D eigenvalue weighted by atomic mass is 10.1. The first-order valence-electron chi connectivity index (χ1n) is 8.38. The predicted molar refractivity (Wildman–Crippen MR) is 98.0 cm³/mol. The van der Waals surface area contributed by atoms with Crippen LogP contribution >= 0.6 is 0 Å². The summed E-state index contributed by atoms with van der Waals surface area (Å²) in [5, 5.41) is 11.9. The minimum Gasteiger partial charge on any atom is -0.508 e. The summed E-state index contributed by atoms with van der Waals surface area (Å²) in [6.07, 6.45) is 3.77. The molecule has 4 rings (SSSR count). The monoisotopic (exact) mass is 333 g/mol. The third-order valence-corrected chi connectivity index (χ3v) is 4.65. The predicted octanol–water partition coefficient (Wildman–Crippen LogP) is 2.90. The van der Waals surface area contributed by atoms with Crippen molar-refractivity contribution in [2.45, 2.75) is 0 Å². The first-order chi connectivity index (χ1) is 12.2. The summed E-state index contributed by atoms with van der Waals surface area (Å²) in [6.45, 7) is 2.83. The molecule has 1 fully saturated rings. The molecule has 1 aromatic heterocycles. The highest BCUT2D eigenvalue weighted by Gasteiger charge is 2.23. The molecule has 2 heterocycles. The van der Waals surface area contributed by atoms with Gasteiger partial charge in [0.15, 0.2) is 0 Å². The number of fused-ring (bicyclic) bond motifs is 1. The number of phenolic OH excluding ortho intramolecular Hbond substituents is 1. The minimum absolute atomic E-state index is 0.0356. The van der Waals surface area contributed by atoms with E-state index in [9.17, 15) is 9.90 Å². The highest BCUT2D eigenvalue weighted by Crippen LogP contribution is 2.26. The number of carbonyl (C=O) groups is 1. The Morgan fingerprint density at radius 2 is 1.76 bits per heavy atom. The Balaban J connectivity index is 1.50. The van der Waals surface area contributed by atoms with Crippen molar-refractivity contribution in [2.75, 3.05) is 31.1 Å². The van der Waals surface area contributed by atoms with Gasteiger partial charge < -0.3 is 14.9 Å². The van der Waals surface area contributed by atoms with Crippen LogP contribution in [0.3, 0.4) is 0 Å². The molecule has 0 radical (unpaired) electrons. The normalized spacial score (nSPS) is 14.7. The summed E-state index contributed by atoms with van der Waals surface area (Å²) in [7, 11) is 0. The number of aromatic nitrogens is 1. The zero-order valence-corrected chi connectivity index (χ0v) is 13.8. The van der Waals surface area contributed by atoms with Crippen molar-refractivity contribution >= 4 is 22.4 Å². The molecular weight excluding hydrogens is 314 g/mol. The lowest BCUT2D eigenvalue weighted by molar-refractivity contribution is 0.0746. The van der Waals surface area contributed by atoms with Gasteiger partial charge in [-0.15, -0.1) is 0 Å². The number of nitrogens with zero attached hydrogens (tertiary/aromatic N) is 3. The van der Waals surface area contributed by atoms with Crippen molar-refractivity contribution in [3.05, 3.63) is 66.5 Å². The highest BCUT2D eigenvalue weighted by atomic mass is 16.3. The summed E-state index contributed by atoms with van der Waals surface area (Å²) in [4.78, 5) is 21.1. The standard InChI is InChI=1S/C20H19N3O2/c24-17-6-3-5-15(12-17)20(25)23-10-8-22(9-11-23)19-14-21-13-16-4-1-2-7-18(16)19/h1-7,12-14,24H,8-11H2. The van der Waals surface area contributed by atoms with E-state index >= 15 is 0 Å². The Morgan fingerprint density at radius 3 is 2.56 bits per heavy atom. The number of amides is 1. The first-order valence-corrected chi connectivity index (χ1v) is 8.38. The van der Waals surface area contributed by atoms with Gasteiger partial charge in [0, 0.05) is 48.7 Å². The summed E-state index contributed by atoms with van der Waals surface area (Å²) < 4.78 is 0. The molecule has 0 saturated carbocycles. The van der Waals surface area contributed by atoms with E-state index in [1.165, 1.54) is 11.5 Å². The van der Waals surface area contributed by atoms with Crippen molar-refractivity contribution in [3.63, 3.8) is 0 Å². The van der Waals surface area contributed by atoms with E-state index in [0.29, 0.717) is 18.7 Å². The Labute approximate surface area is 146 Å². The van der Waals surface area contributed by atoms with Crippen molar-refractivity contribution in [3.8, 4) is 5.75 Å². The zero-order valence-electron chi connectivity index (χ0n) is 13.8. The molecule has 1 saturated heterocycles. The summed E-state index contributed by atoms with van der Waals surface area (Å²) in [6, 6.07) is 14.7. The second-order valence-electron chi connectivity index (χ2n) is 6.21. The molecule has 5 nitrogen and oxygen atoms in total. The van der Waals surface area contributed by atoms with Gasteiger partial charge >= 0.3 is 0 Å². The Morgan fingerprint density at radius 1 is 0.960 bits per heavy atom. The van der Waals surface area contributed by atoms with Gasteiger partial charge in [0.2, 0.25) is 0 Å². The molecule has 0 atom stereocenters. The molecule has 126 valence electrons. The van der Waals surface area contributed by atoms with E-state index in [2.05, 4.69) is 22.0 Å². The van der Waals surface area contributed by atoms with Gasteiger partial charge in [0.05, 0.1) is 11.9 Å². The Hall–Kier alpha value is -3.08. The van der Waals surface area contributed by atoms with Gasteiger partial charge in [-0.2, -0.15) is 0 Å². The second kappa shape index (κ2) is 6.43. The molecule has 1 aliphatic rings. The van der Waals surface area contributed by atoms with Crippen LogP contribution in [0.1, 0.15) is 10.4 Å². The number of hydrogen-bond donors (Lipinski definition) is 1. The quantitative estimate of drug-likeness (QED) is 0.783.